The van der Waals surface area contributed by atoms with E-state index < -0.39 is 0 Å². The summed E-state index contributed by atoms with van der Waals surface area (Å²) in [5.74, 6) is 0.748. The molecule has 0 bridgehead atoms. The molecule has 1 heterocycles. The molecule has 0 saturated heterocycles. The van der Waals surface area contributed by atoms with E-state index in [0.29, 0.717) is 12.3 Å². The molecule has 3 heteroatoms. The fourth-order valence-corrected chi connectivity index (χ4v) is 2.57. The summed E-state index contributed by atoms with van der Waals surface area (Å²) >= 11 is 5.62. The number of hydrogen-bond acceptors (Lipinski definition) is 1. The highest BCUT2D eigenvalue weighted by atomic mass is 35.5. The van der Waals surface area contributed by atoms with Gasteiger partial charge in [0.1, 0.15) is 0 Å². The number of ketones is 1. The molecule has 0 fully saturated rings. The third kappa shape index (κ3) is 3.12. The van der Waals surface area contributed by atoms with Crippen molar-refractivity contribution in [3.8, 4) is 0 Å². The summed E-state index contributed by atoms with van der Waals surface area (Å²) in [4.78, 5) is 12.0. The first-order chi connectivity index (χ1) is 7.79. The Kier molecular flexibility index (Phi) is 4.42. The molecule has 0 amide bonds. The molecular formula is C14H22ClNO. The second-order valence-corrected chi connectivity index (χ2v) is 5.88. The molecule has 2 nitrogen and oxygen atoms in total. The second-order valence-electron chi connectivity index (χ2n) is 5.51. The molecule has 0 aliphatic rings. The molecule has 0 atom stereocenters. The minimum absolute atomic E-state index is 0.0131. The Balaban J connectivity index is 3.09. The number of aryl methyl sites for hydroxylation is 1. The molecule has 0 N–H and O–H groups in total. The van der Waals surface area contributed by atoms with Gasteiger partial charge in [-0.15, -0.1) is 11.6 Å². The number of nitrogens with zero attached hydrogens (tertiary/aromatic N) is 1. The van der Waals surface area contributed by atoms with Crippen molar-refractivity contribution in [1.29, 1.82) is 0 Å². The van der Waals surface area contributed by atoms with Crippen LogP contribution in [-0.4, -0.2) is 16.2 Å². The number of hydrogen-bond donors (Lipinski definition) is 0. The third-order valence-electron chi connectivity index (χ3n) is 2.94. The van der Waals surface area contributed by atoms with Gasteiger partial charge in [-0.1, -0.05) is 0 Å². The molecule has 0 spiro atoms. The highest BCUT2D eigenvalue weighted by molar-refractivity contribution is 6.18. The summed E-state index contributed by atoms with van der Waals surface area (Å²) < 4.78 is 2.22. The molecule has 0 aliphatic carbocycles. The van der Waals surface area contributed by atoms with Crippen LogP contribution in [0.15, 0.2) is 6.07 Å². The van der Waals surface area contributed by atoms with E-state index in [0.717, 1.165) is 23.4 Å². The van der Waals surface area contributed by atoms with Crippen molar-refractivity contribution in [2.45, 2.75) is 53.0 Å². The lowest BCUT2D eigenvalue weighted by Crippen LogP contribution is -2.24. The van der Waals surface area contributed by atoms with Crippen LogP contribution in [0, 0.1) is 13.8 Å². The van der Waals surface area contributed by atoms with Crippen LogP contribution < -0.4 is 0 Å². The van der Waals surface area contributed by atoms with Crippen LogP contribution in [0.2, 0.25) is 0 Å². The predicted octanol–water partition coefficient (Wildman–Crippen LogP) is 4.06. The maximum Gasteiger partial charge on any atom is 0.164 e. The van der Waals surface area contributed by atoms with Crippen molar-refractivity contribution >= 4 is 17.4 Å². The Hall–Kier alpha value is -0.760. The lowest BCUT2D eigenvalue weighted by Gasteiger charge is -2.25. The van der Waals surface area contributed by atoms with Crippen LogP contribution in [0.1, 0.15) is 55.4 Å². The average Bonchev–Trinajstić information content (AvgIpc) is 2.49. The van der Waals surface area contributed by atoms with Crippen LogP contribution in [0.5, 0.6) is 0 Å². The molecule has 0 radical (unpaired) electrons. The van der Waals surface area contributed by atoms with Gasteiger partial charge in [0.2, 0.25) is 0 Å². The quantitative estimate of drug-likeness (QED) is 0.587. The number of alkyl halides is 1. The fraction of sp³-hybridized carbons (Fsp3) is 0.643. The van der Waals surface area contributed by atoms with Gasteiger partial charge in [0, 0.05) is 34.8 Å². The van der Waals surface area contributed by atoms with Crippen LogP contribution in [0.3, 0.4) is 0 Å². The predicted molar refractivity (Wildman–Crippen MR) is 73.2 cm³/mol. The summed E-state index contributed by atoms with van der Waals surface area (Å²) in [7, 11) is 0. The Morgan fingerprint density at radius 2 is 1.94 bits per heavy atom. The third-order valence-corrected chi connectivity index (χ3v) is 3.21. The molecule has 96 valence electrons. The molecule has 0 unspecified atom stereocenters. The standard InChI is InChI=1S/C14H22ClNO/c1-10-9-12(13(17)7-6-8-15)11(2)16(10)14(3,4)5/h9H,6-8H2,1-5H3. The molecule has 17 heavy (non-hydrogen) atoms. The largest absolute Gasteiger partial charge is 0.343 e. The number of halogens is 1. The lowest BCUT2D eigenvalue weighted by atomic mass is 10.1. The number of rotatable bonds is 4. The summed E-state index contributed by atoms with van der Waals surface area (Å²) in [6, 6.07) is 2.00. The molecule has 0 aliphatic heterocycles. The van der Waals surface area contributed by atoms with Gasteiger partial charge in [0.15, 0.2) is 5.78 Å². The summed E-state index contributed by atoms with van der Waals surface area (Å²) in [6.45, 7) is 10.5. The fourth-order valence-electron chi connectivity index (χ4n) is 2.44. The van der Waals surface area contributed by atoms with E-state index in [9.17, 15) is 4.79 Å². The van der Waals surface area contributed by atoms with Gasteiger partial charge >= 0.3 is 0 Å². The van der Waals surface area contributed by atoms with Gasteiger partial charge in [-0.25, -0.2) is 0 Å². The van der Waals surface area contributed by atoms with Gasteiger partial charge in [0.25, 0.3) is 0 Å². The van der Waals surface area contributed by atoms with Crippen LogP contribution in [-0.2, 0) is 5.54 Å². The number of Topliss-reactive ketones (excluding diaryl/α,β-unsaturated/α-hetero) is 1. The Morgan fingerprint density at radius 1 is 1.35 bits per heavy atom. The van der Waals surface area contributed by atoms with Crippen molar-refractivity contribution in [2.75, 3.05) is 5.88 Å². The van der Waals surface area contributed by atoms with E-state index in [1.54, 1.807) is 0 Å². The minimum Gasteiger partial charge on any atom is -0.343 e. The van der Waals surface area contributed by atoms with E-state index in [1.807, 2.05) is 13.0 Å². The monoisotopic (exact) mass is 255 g/mol. The molecule has 0 aromatic carbocycles. The Morgan fingerprint density at radius 3 is 2.35 bits per heavy atom. The normalized spacial score (nSPS) is 11.9. The zero-order valence-corrected chi connectivity index (χ0v) is 12.2. The number of carbonyl (C=O) groups excluding carboxylic acids is 1. The molecule has 1 aromatic rings. The van der Waals surface area contributed by atoms with Crippen molar-refractivity contribution in [1.82, 2.24) is 4.57 Å². The van der Waals surface area contributed by atoms with E-state index in [2.05, 4.69) is 32.3 Å². The first-order valence-electron chi connectivity index (χ1n) is 6.07. The zero-order valence-electron chi connectivity index (χ0n) is 11.4. The van der Waals surface area contributed by atoms with Crippen molar-refractivity contribution in [3.05, 3.63) is 23.0 Å². The maximum absolute atomic E-state index is 12.0. The van der Waals surface area contributed by atoms with Crippen molar-refractivity contribution < 1.29 is 4.79 Å². The van der Waals surface area contributed by atoms with Crippen LogP contribution >= 0.6 is 11.6 Å². The van der Waals surface area contributed by atoms with E-state index in [4.69, 9.17) is 11.6 Å². The van der Waals surface area contributed by atoms with Gasteiger partial charge in [-0.3, -0.25) is 4.79 Å². The van der Waals surface area contributed by atoms with Gasteiger partial charge in [-0.05, 0) is 47.1 Å². The van der Waals surface area contributed by atoms with E-state index >= 15 is 0 Å². The highest BCUT2D eigenvalue weighted by Gasteiger charge is 2.22. The van der Waals surface area contributed by atoms with Crippen molar-refractivity contribution in [3.63, 3.8) is 0 Å². The average molecular weight is 256 g/mol. The topological polar surface area (TPSA) is 22.0 Å². The Bertz CT molecular complexity index is 413. The minimum atomic E-state index is 0.0131. The Labute approximate surface area is 109 Å². The molecule has 0 saturated carbocycles. The molecule has 1 rings (SSSR count). The SMILES string of the molecule is Cc1cc(C(=O)CCCCl)c(C)n1C(C)(C)C. The zero-order chi connectivity index (χ0) is 13.2. The number of aromatic nitrogens is 1. The lowest BCUT2D eigenvalue weighted by molar-refractivity contribution is 0.0981. The van der Waals surface area contributed by atoms with E-state index in [1.165, 1.54) is 0 Å². The first kappa shape index (κ1) is 14.3. The summed E-state index contributed by atoms with van der Waals surface area (Å²) in [5, 5.41) is 0. The molecular weight excluding hydrogens is 234 g/mol. The smallest absolute Gasteiger partial charge is 0.164 e. The van der Waals surface area contributed by atoms with E-state index in [-0.39, 0.29) is 11.3 Å². The van der Waals surface area contributed by atoms with Crippen molar-refractivity contribution in [2.24, 2.45) is 0 Å². The maximum atomic E-state index is 12.0. The number of carbonyl (C=O) groups is 1. The summed E-state index contributed by atoms with van der Waals surface area (Å²) in [5.41, 5.74) is 3.07. The second kappa shape index (κ2) is 5.26. The highest BCUT2D eigenvalue weighted by Crippen LogP contribution is 2.25. The van der Waals surface area contributed by atoms with Crippen LogP contribution in [0.25, 0.3) is 0 Å². The molecule has 1 aromatic heterocycles. The van der Waals surface area contributed by atoms with Gasteiger partial charge < -0.3 is 4.57 Å². The van der Waals surface area contributed by atoms with Gasteiger partial charge in [-0.2, -0.15) is 0 Å². The first-order valence-corrected chi connectivity index (χ1v) is 6.61. The van der Waals surface area contributed by atoms with Gasteiger partial charge in [0.05, 0.1) is 0 Å². The van der Waals surface area contributed by atoms with Crippen LogP contribution in [0.4, 0.5) is 0 Å². The summed E-state index contributed by atoms with van der Waals surface area (Å²) in [6.07, 6.45) is 1.29.